The molecule has 2 aromatic rings. The highest BCUT2D eigenvalue weighted by molar-refractivity contribution is 7.98. The van der Waals surface area contributed by atoms with E-state index in [0.717, 1.165) is 45.1 Å². The second-order valence-corrected chi connectivity index (χ2v) is 9.30. The highest BCUT2D eigenvalue weighted by atomic mass is 32.2. The lowest BCUT2D eigenvalue weighted by Crippen LogP contribution is -2.36. The Morgan fingerprint density at radius 2 is 2.00 bits per heavy atom. The van der Waals surface area contributed by atoms with E-state index < -0.39 is 10.0 Å². The van der Waals surface area contributed by atoms with E-state index in [4.69, 9.17) is 21.7 Å². The van der Waals surface area contributed by atoms with Crippen LogP contribution in [0.2, 0.25) is 0 Å². The van der Waals surface area contributed by atoms with Gasteiger partial charge in [0.2, 0.25) is 15.8 Å². The van der Waals surface area contributed by atoms with Crippen molar-refractivity contribution in [2.75, 3.05) is 44.7 Å². The van der Waals surface area contributed by atoms with Gasteiger partial charge in [-0.2, -0.15) is 5.21 Å². The summed E-state index contributed by atoms with van der Waals surface area (Å²) in [5.74, 6) is 0.661. The third kappa shape index (κ3) is 6.58. The third-order valence-corrected chi connectivity index (χ3v) is 6.94. The minimum atomic E-state index is -4.06. The van der Waals surface area contributed by atoms with Crippen molar-refractivity contribution in [2.45, 2.75) is 29.1 Å². The van der Waals surface area contributed by atoms with Crippen LogP contribution in [0.4, 0.5) is 5.69 Å². The zero-order chi connectivity index (χ0) is 22.9. The number of nitrogens with one attached hydrogen (secondary N) is 2. The average molecular weight is 474 g/mol. The molecule has 9 N–H and O–H groups in total. The van der Waals surface area contributed by atoms with Crippen LogP contribution < -0.4 is 26.2 Å². The van der Waals surface area contributed by atoms with Gasteiger partial charge in [0.25, 0.3) is 0 Å². The molecule has 1 saturated heterocycles. The SMILES string of the molecule is CO.NCCCNSc1ccc(N2CCC(CN)CC2)c(-c2nn[nH]n2)c1S(N)(=O)=O. The lowest BCUT2D eigenvalue weighted by atomic mass is 9.96. The fourth-order valence-corrected chi connectivity index (χ4v) is 5.41. The zero-order valence-electron chi connectivity index (χ0n) is 17.5. The number of primary sulfonamides is 1. The van der Waals surface area contributed by atoms with Crippen molar-refractivity contribution in [3.05, 3.63) is 12.1 Å². The Morgan fingerprint density at radius 1 is 1.29 bits per heavy atom. The molecule has 14 heteroatoms. The Labute approximate surface area is 186 Å². The summed E-state index contributed by atoms with van der Waals surface area (Å²) in [4.78, 5) is 2.59. The number of benzene rings is 1. The van der Waals surface area contributed by atoms with E-state index in [0.29, 0.717) is 36.0 Å². The van der Waals surface area contributed by atoms with E-state index in [-0.39, 0.29) is 10.7 Å². The molecule has 1 aromatic carbocycles. The maximum Gasteiger partial charge on any atom is 0.240 e. The summed E-state index contributed by atoms with van der Waals surface area (Å²) < 4.78 is 28.3. The van der Waals surface area contributed by atoms with Crippen molar-refractivity contribution in [2.24, 2.45) is 22.5 Å². The maximum absolute atomic E-state index is 12.6. The van der Waals surface area contributed by atoms with Crippen molar-refractivity contribution in [1.29, 1.82) is 0 Å². The number of nitrogens with zero attached hydrogens (tertiary/aromatic N) is 4. The quantitative estimate of drug-likeness (QED) is 0.197. The highest BCUT2D eigenvalue weighted by Gasteiger charge is 2.29. The van der Waals surface area contributed by atoms with E-state index in [2.05, 4.69) is 30.2 Å². The van der Waals surface area contributed by atoms with Gasteiger partial charge in [-0.15, -0.1) is 10.2 Å². The minimum Gasteiger partial charge on any atom is -0.400 e. The molecule has 0 radical (unpaired) electrons. The number of rotatable bonds is 9. The number of aliphatic hydroxyl groups excluding tert-OH is 1. The van der Waals surface area contributed by atoms with Crippen LogP contribution >= 0.6 is 11.9 Å². The van der Waals surface area contributed by atoms with Gasteiger partial charge in [-0.05, 0) is 67.6 Å². The Hall–Kier alpha value is -1.81. The fraction of sp³-hybridized carbons (Fsp3) is 0.588. The monoisotopic (exact) mass is 473 g/mol. The number of H-pyrrole nitrogens is 1. The van der Waals surface area contributed by atoms with Crippen molar-refractivity contribution < 1.29 is 13.5 Å². The van der Waals surface area contributed by atoms with Gasteiger partial charge >= 0.3 is 0 Å². The number of hydrogen-bond acceptors (Lipinski definition) is 11. The van der Waals surface area contributed by atoms with Crippen LogP contribution in [0, 0.1) is 5.92 Å². The molecule has 2 heterocycles. The van der Waals surface area contributed by atoms with Gasteiger partial charge in [-0.1, -0.05) is 0 Å². The molecule has 3 rings (SSSR count). The number of aliphatic hydroxyl groups is 1. The molecule has 31 heavy (non-hydrogen) atoms. The van der Waals surface area contributed by atoms with Crippen LogP contribution in [0.1, 0.15) is 19.3 Å². The van der Waals surface area contributed by atoms with Crippen LogP contribution in [0.15, 0.2) is 21.9 Å². The number of sulfonamides is 1. The molecule has 0 spiro atoms. The molecule has 1 fully saturated rings. The van der Waals surface area contributed by atoms with Crippen molar-refractivity contribution in [3.63, 3.8) is 0 Å². The summed E-state index contributed by atoms with van der Waals surface area (Å²) >= 11 is 1.20. The van der Waals surface area contributed by atoms with Crippen molar-refractivity contribution in [3.8, 4) is 11.4 Å². The molecule has 1 aromatic heterocycles. The summed E-state index contributed by atoms with van der Waals surface area (Å²) in [6.07, 6.45) is 2.64. The van der Waals surface area contributed by atoms with Gasteiger partial charge in [0.05, 0.1) is 5.56 Å². The van der Waals surface area contributed by atoms with Crippen LogP contribution in [0.25, 0.3) is 11.4 Å². The topological polar surface area (TPSA) is 202 Å². The molecular weight excluding hydrogens is 442 g/mol. The maximum atomic E-state index is 12.6. The van der Waals surface area contributed by atoms with Crippen LogP contribution in [0.3, 0.4) is 0 Å². The highest BCUT2D eigenvalue weighted by Crippen LogP contribution is 2.40. The molecule has 0 aliphatic carbocycles. The lowest BCUT2D eigenvalue weighted by molar-refractivity contribution is 0.399. The Morgan fingerprint density at radius 3 is 2.55 bits per heavy atom. The summed E-state index contributed by atoms with van der Waals surface area (Å²) in [7, 11) is -3.06. The second kappa shape index (κ2) is 12.3. The number of anilines is 1. The van der Waals surface area contributed by atoms with Gasteiger partial charge < -0.3 is 21.5 Å². The van der Waals surface area contributed by atoms with Crippen LogP contribution in [0.5, 0.6) is 0 Å². The number of nitrogens with two attached hydrogens (primary N) is 3. The van der Waals surface area contributed by atoms with Crippen molar-refractivity contribution in [1.82, 2.24) is 25.3 Å². The summed E-state index contributed by atoms with van der Waals surface area (Å²) in [5.41, 5.74) is 12.4. The Kier molecular flexibility index (Phi) is 10.1. The minimum absolute atomic E-state index is 0.0115. The third-order valence-electron chi connectivity index (χ3n) is 4.91. The second-order valence-electron chi connectivity index (χ2n) is 6.87. The van der Waals surface area contributed by atoms with Gasteiger partial charge in [0.1, 0.15) is 4.90 Å². The summed E-state index contributed by atoms with van der Waals surface area (Å²) in [6, 6.07) is 3.64. The van der Waals surface area contributed by atoms with Gasteiger partial charge in [0.15, 0.2) is 0 Å². The summed E-state index contributed by atoms with van der Waals surface area (Å²) in [6.45, 7) is 3.35. The predicted octanol–water partition coefficient (Wildman–Crippen LogP) is -0.757. The van der Waals surface area contributed by atoms with E-state index >= 15 is 0 Å². The van der Waals surface area contributed by atoms with Gasteiger partial charge in [-0.25, -0.2) is 13.6 Å². The Bertz CT molecular complexity index is 902. The smallest absolute Gasteiger partial charge is 0.240 e. The van der Waals surface area contributed by atoms with E-state index in [1.165, 1.54) is 11.9 Å². The molecule has 0 saturated carbocycles. The molecule has 0 bridgehead atoms. The first-order valence-electron chi connectivity index (χ1n) is 9.88. The number of piperidine rings is 1. The number of tetrazole rings is 1. The number of hydrogen-bond donors (Lipinski definition) is 6. The van der Waals surface area contributed by atoms with Gasteiger partial charge in [-0.3, -0.25) is 4.72 Å². The van der Waals surface area contributed by atoms with E-state index in [9.17, 15) is 8.42 Å². The van der Waals surface area contributed by atoms with E-state index in [1.54, 1.807) is 6.07 Å². The molecule has 174 valence electrons. The fourth-order valence-electron chi connectivity index (χ4n) is 3.38. The van der Waals surface area contributed by atoms with Crippen LogP contribution in [-0.4, -0.2) is 74.0 Å². The molecule has 0 amide bonds. The van der Waals surface area contributed by atoms with Gasteiger partial charge in [0, 0.05) is 37.3 Å². The Balaban J connectivity index is 0.00000166. The first kappa shape index (κ1) is 25.5. The predicted molar refractivity (Wildman–Crippen MR) is 121 cm³/mol. The van der Waals surface area contributed by atoms with Crippen molar-refractivity contribution >= 4 is 27.7 Å². The average Bonchev–Trinajstić information content (AvgIpc) is 3.32. The number of aromatic nitrogens is 4. The summed E-state index contributed by atoms with van der Waals surface area (Å²) in [5, 5.41) is 26.7. The molecule has 1 aliphatic heterocycles. The standard InChI is InChI=1S/C16H27N9O2S2.CH4O/c17-6-1-7-20-28-13-3-2-12(25-8-4-11(10-18)5-9-25)14(15(13)29(19,26)27)16-21-23-24-22-16;1-2/h2-3,11,20H,1,4-10,17-18H2,(H2,19,26,27)(H,21,22,23,24);2H,1H3. The molecule has 0 unspecified atom stereocenters. The molecule has 12 nitrogen and oxygen atoms in total. The zero-order valence-corrected chi connectivity index (χ0v) is 19.1. The normalized spacial score (nSPS) is 14.9. The molecule has 1 aliphatic rings. The molecular formula is C17H31N9O3S2. The molecule has 0 atom stereocenters. The first-order chi connectivity index (χ1) is 15.0. The van der Waals surface area contributed by atoms with Crippen LogP contribution in [-0.2, 0) is 10.0 Å². The lowest BCUT2D eigenvalue weighted by Gasteiger charge is -2.34. The first-order valence-corrected chi connectivity index (χ1v) is 12.2. The number of aromatic amines is 1. The largest absolute Gasteiger partial charge is 0.400 e. The van der Waals surface area contributed by atoms with E-state index in [1.807, 2.05) is 6.07 Å².